The highest BCUT2D eigenvalue weighted by molar-refractivity contribution is 6.04. The minimum Gasteiger partial charge on any atom is -0.449 e. The zero-order valence-electron chi connectivity index (χ0n) is 13.4. The Bertz CT molecular complexity index is 877. The van der Waals surface area contributed by atoms with Gasteiger partial charge in [0.25, 0.3) is 5.91 Å². The van der Waals surface area contributed by atoms with Gasteiger partial charge in [0, 0.05) is 24.6 Å². The molecule has 0 aliphatic carbocycles. The topological polar surface area (TPSA) is 82.2 Å². The van der Waals surface area contributed by atoms with Crippen LogP contribution in [0.2, 0.25) is 0 Å². The van der Waals surface area contributed by atoms with Crippen molar-refractivity contribution in [2.75, 3.05) is 11.9 Å². The van der Waals surface area contributed by atoms with Gasteiger partial charge in [0.15, 0.2) is 11.3 Å². The molecular formula is C17H18N4O3. The molecule has 0 saturated carbocycles. The van der Waals surface area contributed by atoms with Gasteiger partial charge in [-0.2, -0.15) is 5.10 Å². The van der Waals surface area contributed by atoms with Gasteiger partial charge in [0.1, 0.15) is 5.52 Å². The second-order valence-electron chi connectivity index (χ2n) is 5.99. The van der Waals surface area contributed by atoms with E-state index in [0.29, 0.717) is 23.3 Å². The first-order valence-electron chi connectivity index (χ1n) is 8.00. The van der Waals surface area contributed by atoms with Crippen molar-refractivity contribution in [2.24, 2.45) is 0 Å². The Balaban J connectivity index is 1.45. The number of carbonyl (C=O) groups excluding carboxylic acids is 1. The lowest BCUT2D eigenvalue weighted by molar-refractivity contribution is 0.0940. The Morgan fingerprint density at radius 1 is 1.46 bits per heavy atom. The number of ether oxygens (including phenoxy) is 1. The molecule has 7 nitrogen and oxygen atoms in total. The van der Waals surface area contributed by atoms with E-state index in [0.717, 1.165) is 25.1 Å². The second-order valence-corrected chi connectivity index (χ2v) is 5.99. The number of carbonyl (C=O) groups is 1. The minimum absolute atomic E-state index is 0.207. The number of furan rings is 1. The van der Waals surface area contributed by atoms with Crippen LogP contribution < -0.4 is 5.32 Å². The summed E-state index contributed by atoms with van der Waals surface area (Å²) in [6.45, 7) is 3.41. The number of pyridine rings is 1. The zero-order chi connectivity index (χ0) is 16.5. The molecule has 0 aromatic carbocycles. The molecule has 1 unspecified atom stereocenters. The van der Waals surface area contributed by atoms with Gasteiger partial charge in [0.05, 0.1) is 24.5 Å². The van der Waals surface area contributed by atoms with E-state index in [2.05, 4.69) is 15.4 Å². The van der Waals surface area contributed by atoms with Gasteiger partial charge < -0.3 is 14.5 Å². The van der Waals surface area contributed by atoms with Crippen molar-refractivity contribution in [3.05, 3.63) is 42.0 Å². The van der Waals surface area contributed by atoms with Crippen molar-refractivity contribution in [1.82, 2.24) is 14.8 Å². The summed E-state index contributed by atoms with van der Waals surface area (Å²) in [5.41, 5.74) is 2.78. The number of aryl methyl sites for hydroxylation is 1. The molecule has 1 saturated heterocycles. The van der Waals surface area contributed by atoms with Gasteiger partial charge in [-0.15, -0.1) is 0 Å². The molecule has 4 rings (SSSR count). The Labute approximate surface area is 138 Å². The first-order valence-corrected chi connectivity index (χ1v) is 8.00. The Hall–Kier alpha value is -2.67. The summed E-state index contributed by atoms with van der Waals surface area (Å²) < 4.78 is 12.9. The molecule has 3 aromatic rings. The fourth-order valence-corrected chi connectivity index (χ4v) is 2.86. The third kappa shape index (κ3) is 3.03. The summed E-state index contributed by atoms with van der Waals surface area (Å²) >= 11 is 0. The van der Waals surface area contributed by atoms with Crippen LogP contribution in [-0.2, 0) is 11.3 Å². The SMILES string of the molecule is Cc1ccc2oc(C(=O)Nc3cnn(CC4CCCO4)c3)cc2n1. The normalized spacial score (nSPS) is 17.5. The molecule has 0 spiro atoms. The van der Waals surface area contributed by atoms with Crippen LogP contribution in [0.3, 0.4) is 0 Å². The maximum absolute atomic E-state index is 12.3. The summed E-state index contributed by atoms with van der Waals surface area (Å²) in [6.07, 6.45) is 5.77. The van der Waals surface area contributed by atoms with E-state index >= 15 is 0 Å². The Morgan fingerprint density at radius 2 is 2.38 bits per heavy atom. The molecule has 24 heavy (non-hydrogen) atoms. The molecule has 124 valence electrons. The highest BCUT2D eigenvalue weighted by Gasteiger charge is 2.17. The highest BCUT2D eigenvalue weighted by atomic mass is 16.5. The van der Waals surface area contributed by atoms with Gasteiger partial charge in [-0.3, -0.25) is 9.48 Å². The lowest BCUT2D eigenvalue weighted by atomic mass is 10.2. The van der Waals surface area contributed by atoms with Crippen LogP contribution >= 0.6 is 0 Å². The van der Waals surface area contributed by atoms with Crippen LogP contribution in [0.1, 0.15) is 29.1 Å². The van der Waals surface area contributed by atoms with Crippen molar-refractivity contribution in [3.63, 3.8) is 0 Å². The van der Waals surface area contributed by atoms with Crippen LogP contribution in [0, 0.1) is 6.92 Å². The molecule has 3 aromatic heterocycles. The predicted molar refractivity (Wildman–Crippen MR) is 87.9 cm³/mol. The lowest BCUT2D eigenvalue weighted by Gasteiger charge is -2.08. The van der Waals surface area contributed by atoms with Crippen molar-refractivity contribution in [1.29, 1.82) is 0 Å². The average Bonchev–Trinajstić information content (AvgIpc) is 3.28. The van der Waals surface area contributed by atoms with Gasteiger partial charge in [0.2, 0.25) is 0 Å². The molecule has 0 bridgehead atoms. The summed E-state index contributed by atoms with van der Waals surface area (Å²) in [5, 5.41) is 7.05. The van der Waals surface area contributed by atoms with Gasteiger partial charge in [-0.25, -0.2) is 4.98 Å². The number of nitrogens with one attached hydrogen (secondary N) is 1. The van der Waals surface area contributed by atoms with Gasteiger partial charge in [-0.05, 0) is 31.9 Å². The number of anilines is 1. The summed E-state index contributed by atoms with van der Waals surface area (Å²) in [6, 6.07) is 5.31. The van der Waals surface area contributed by atoms with E-state index in [4.69, 9.17) is 9.15 Å². The summed E-state index contributed by atoms with van der Waals surface area (Å²) in [4.78, 5) is 16.7. The number of rotatable bonds is 4. The highest BCUT2D eigenvalue weighted by Crippen LogP contribution is 2.19. The van der Waals surface area contributed by atoms with Crippen LogP contribution in [-0.4, -0.2) is 33.4 Å². The number of aromatic nitrogens is 3. The molecule has 1 aliphatic heterocycles. The molecule has 1 fully saturated rings. The molecule has 1 amide bonds. The maximum atomic E-state index is 12.3. The standard InChI is InChI=1S/C17H18N4O3/c1-11-4-5-15-14(19-11)7-16(24-15)17(22)20-12-8-18-21(9-12)10-13-3-2-6-23-13/h4-5,7-9,13H,2-3,6,10H2,1H3,(H,20,22). The van der Waals surface area contributed by atoms with E-state index in [-0.39, 0.29) is 17.8 Å². The second kappa shape index (κ2) is 6.09. The van der Waals surface area contributed by atoms with Crippen molar-refractivity contribution in [2.45, 2.75) is 32.4 Å². The maximum Gasteiger partial charge on any atom is 0.291 e. The molecule has 1 atom stereocenters. The smallest absolute Gasteiger partial charge is 0.291 e. The van der Waals surface area contributed by atoms with Gasteiger partial charge >= 0.3 is 0 Å². The molecule has 0 radical (unpaired) electrons. The molecule has 7 heteroatoms. The molecule has 1 aliphatic rings. The van der Waals surface area contributed by atoms with E-state index < -0.39 is 0 Å². The fourth-order valence-electron chi connectivity index (χ4n) is 2.86. The first-order chi connectivity index (χ1) is 11.7. The number of nitrogens with zero attached hydrogens (tertiary/aromatic N) is 3. The largest absolute Gasteiger partial charge is 0.449 e. The lowest BCUT2D eigenvalue weighted by Crippen LogP contribution is -2.15. The Kier molecular flexibility index (Phi) is 3.78. The fraction of sp³-hybridized carbons (Fsp3) is 0.353. The number of fused-ring (bicyclic) bond motifs is 1. The van der Waals surface area contributed by atoms with E-state index in [1.807, 2.05) is 19.1 Å². The zero-order valence-corrected chi connectivity index (χ0v) is 13.4. The third-order valence-electron chi connectivity index (χ3n) is 4.04. The van der Waals surface area contributed by atoms with Crippen molar-refractivity contribution < 1.29 is 13.9 Å². The van der Waals surface area contributed by atoms with Gasteiger partial charge in [-0.1, -0.05) is 0 Å². The molecule has 4 heterocycles. The number of amides is 1. The summed E-state index contributed by atoms with van der Waals surface area (Å²) in [5.74, 6) is -0.0858. The van der Waals surface area contributed by atoms with E-state index in [9.17, 15) is 4.79 Å². The first kappa shape index (κ1) is 14.9. The monoisotopic (exact) mass is 326 g/mol. The van der Waals surface area contributed by atoms with Crippen molar-refractivity contribution in [3.8, 4) is 0 Å². The van der Waals surface area contributed by atoms with Crippen LogP contribution in [0.15, 0.2) is 35.0 Å². The summed E-state index contributed by atoms with van der Waals surface area (Å²) in [7, 11) is 0. The van der Waals surface area contributed by atoms with E-state index in [1.54, 1.807) is 23.1 Å². The van der Waals surface area contributed by atoms with Crippen LogP contribution in [0.25, 0.3) is 11.1 Å². The van der Waals surface area contributed by atoms with Crippen LogP contribution in [0.5, 0.6) is 0 Å². The number of hydrogen-bond acceptors (Lipinski definition) is 5. The number of hydrogen-bond donors (Lipinski definition) is 1. The van der Waals surface area contributed by atoms with Crippen molar-refractivity contribution >= 4 is 22.7 Å². The Morgan fingerprint density at radius 3 is 3.21 bits per heavy atom. The quantitative estimate of drug-likeness (QED) is 0.797. The molecule has 1 N–H and O–H groups in total. The van der Waals surface area contributed by atoms with Crippen LogP contribution in [0.4, 0.5) is 5.69 Å². The average molecular weight is 326 g/mol. The molecular weight excluding hydrogens is 308 g/mol. The predicted octanol–water partition coefficient (Wildman–Crippen LogP) is 2.76. The minimum atomic E-state index is -0.317. The van der Waals surface area contributed by atoms with E-state index in [1.165, 1.54) is 0 Å². The third-order valence-corrected chi connectivity index (χ3v) is 4.04.